The zero-order valence-electron chi connectivity index (χ0n) is 16.8. The molecule has 2 aromatic rings. The van der Waals surface area contributed by atoms with Crippen LogP contribution in [0.3, 0.4) is 0 Å². The molecule has 156 valence electrons. The van der Waals surface area contributed by atoms with Crippen molar-refractivity contribution in [3.8, 4) is 0 Å². The number of thioether (sulfide) groups is 1. The Kier molecular flexibility index (Phi) is 8.98. The van der Waals surface area contributed by atoms with Crippen LogP contribution in [0.25, 0.3) is 0 Å². The van der Waals surface area contributed by atoms with Crippen LogP contribution in [0.5, 0.6) is 0 Å². The predicted molar refractivity (Wildman–Crippen MR) is 121 cm³/mol. The maximum Gasteiger partial charge on any atom is 0.233 e. The van der Waals surface area contributed by atoms with E-state index in [0.717, 1.165) is 60.7 Å². The Morgan fingerprint density at radius 1 is 1.24 bits per heavy atom. The zero-order valence-corrected chi connectivity index (χ0v) is 19.3. The van der Waals surface area contributed by atoms with Crippen molar-refractivity contribution in [3.63, 3.8) is 0 Å². The Bertz CT molecular complexity index is 785. The van der Waals surface area contributed by atoms with Gasteiger partial charge in [0.05, 0.1) is 19.0 Å². The second-order valence-corrected chi connectivity index (χ2v) is 9.11. The highest BCUT2D eigenvalue weighted by Gasteiger charge is 2.16. The Morgan fingerprint density at radius 3 is 2.72 bits per heavy atom. The predicted octanol–water partition coefficient (Wildman–Crippen LogP) is 4.00. The molecule has 29 heavy (non-hydrogen) atoms. The van der Waals surface area contributed by atoms with Gasteiger partial charge < -0.3 is 9.64 Å². The molecule has 1 aliphatic heterocycles. The molecule has 0 bridgehead atoms. The fourth-order valence-corrected chi connectivity index (χ4v) is 4.70. The lowest BCUT2D eigenvalue weighted by Crippen LogP contribution is -2.39. The van der Waals surface area contributed by atoms with Crippen LogP contribution in [0.1, 0.15) is 17.5 Å². The molecule has 0 N–H and O–H groups in total. The van der Waals surface area contributed by atoms with Crippen molar-refractivity contribution in [2.45, 2.75) is 24.8 Å². The summed E-state index contributed by atoms with van der Waals surface area (Å²) in [5, 5.41) is 0. The molecule has 0 unspecified atom stereocenters. The van der Waals surface area contributed by atoms with Gasteiger partial charge in [-0.05, 0) is 54.8 Å². The van der Waals surface area contributed by atoms with E-state index >= 15 is 0 Å². The van der Waals surface area contributed by atoms with E-state index in [4.69, 9.17) is 4.74 Å². The number of ether oxygens (including phenoxy) is 1. The summed E-state index contributed by atoms with van der Waals surface area (Å²) in [5.74, 6) is 0.626. The smallest absolute Gasteiger partial charge is 0.233 e. The number of morpholine rings is 1. The van der Waals surface area contributed by atoms with Crippen molar-refractivity contribution < 1.29 is 9.53 Å². The van der Waals surface area contributed by atoms with Gasteiger partial charge in [-0.3, -0.25) is 14.7 Å². The van der Waals surface area contributed by atoms with E-state index in [1.54, 1.807) is 24.2 Å². The number of carbonyl (C=O) groups excluding carboxylic acids is 1. The molecular weight excluding hydrogens is 450 g/mol. The molecule has 3 rings (SSSR count). The summed E-state index contributed by atoms with van der Waals surface area (Å²) >= 11 is 5.11. The maximum absolute atomic E-state index is 13.0. The average Bonchev–Trinajstić information content (AvgIpc) is 2.74. The highest BCUT2D eigenvalue weighted by Crippen LogP contribution is 2.25. The largest absolute Gasteiger partial charge is 0.379 e. The number of carbonyl (C=O) groups is 1. The SMILES string of the molecule is Cc1cc(Br)ccc1SCC(=O)N(CCCN1CCOCC1)Cc1ccncc1. The normalized spacial score (nSPS) is 14.7. The molecule has 0 radical (unpaired) electrons. The van der Waals surface area contributed by atoms with Gasteiger partial charge in [0.15, 0.2) is 0 Å². The second-order valence-electron chi connectivity index (χ2n) is 7.18. The van der Waals surface area contributed by atoms with Crippen LogP contribution in [0.2, 0.25) is 0 Å². The number of rotatable bonds is 9. The summed E-state index contributed by atoms with van der Waals surface area (Å²) in [4.78, 5) is 22.7. The fraction of sp³-hybridized carbons (Fsp3) is 0.455. The Hall–Kier alpha value is -1.41. The molecular formula is C22H28BrN3O2S. The fourth-order valence-electron chi connectivity index (χ4n) is 3.32. The number of halogens is 1. The standard InChI is InChI=1S/C22H28BrN3O2S/c1-18-15-20(23)3-4-21(18)29-17-22(27)26(16-19-5-7-24-8-6-19)10-2-9-25-11-13-28-14-12-25/h3-8,15H,2,9-14,16-17H2,1H3. The van der Waals surface area contributed by atoms with Crippen molar-refractivity contribution in [2.75, 3.05) is 45.1 Å². The summed E-state index contributed by atoms with van der Waals surface area (Å²) < 4.78 is 6.48. The molecule has 7 heteroatoms. The monoisotopic (exact) mass is 477 g/mol. The molecule has 1 aromatic carbocycles. The third kappa shape index (κ3) is 7.41. The quantitative estimate of drug-likeness (QED) is 0.510. The van der Waals surface area contributed by atoms with Crippen LogP contribution in [0.15, 0.2) is 52.1 Å². The molecule has 0 spiro atoms. The number of hydrogen-bond donors (Lipinski definition) is 0. The first-order valence-corrected chi connectivity index (χ1v) is 11.8. The average molecular weight is 478 g/mol. The van der Waals surface area contributed by atoms with Crippen molar-refractivity contribution in [2.24, 2.45) is 0 Å². The van der Waals surface area contributed by atoms with Crippen LogP contribution in [0.4, 0.5) is 0 Å². The minimum absolute atomic E-state index is 0.177. The van der Waals surface area contributed by atoms with Crippen molar-refractivity contribution in [1.29, 1.82) is 0 Å². The lowest BCUT2D eigenvalue weighted by Gasteiger charge is -2.28. The molecule has 1 aliphatic rings. The van der Waals surface area contributed by atoms with Gasteiger partial charge in [0.1, 0.15) is 0 Å². The molecule has 0 saturated carbocycles. The minimum atomic E-state index is 0.177. The Balaban J connectivity index is 1.57. The van der Waals surface area contributed by atoms with Crippen molar-refractivity contribution >= 4 is 33.6 Å². The first kappa shape index (κ1) is 22.3. The highest BCUT2D eigenvalue weighted by atomic mass is 79.9. The van der Waals surface area contributed by atoms with Gasteiger partial charge in [-0.15, -0.1) is 11.8 Å². The Labute approximate surface area is 186 Å². The third-order valence-corrected chi connectivity index (χ3v) is 6.62. The molecule has 1 amide bonds. The summed E-state index contributed by atoms with van der Waals surface area (Å²) in [6.45, 7) is 8.06. The lowest BCUT2D eigenvalue weighted by molar-refractivity contribution is -0.129. The van der Waals surface area contributed by atoms with E-state index < -0.39 is 0 Å². The number of aromatic nitrogens is 1. The summed E-state index contributed by atoms with van der Waals surface area (Å²) in [5.41, 5.74) is 2.30. The first-order chi connectivity index (χ1) is 14.1. The molecule has 5 nitrogen and oxygen atoms in total. The van der Waals surface area contributed by atoms with E-state index in [1.165, 1.54) is 5.56 Å². The zero-order chi connectivity index (χ0) is 20.5. The van der Waals surface area contributed by atoms with Crippen molar-refractivity contribution in [3.05, 3.63) is 58.3 Å². The van der Waals surface area contributed by atoms with Gasteiger partial charge in [0.25, 0.3) is 0 Å². The molecule has 0 atom stereocenters. The van der Waals surface area contributed by atoms with E-state index in [0.29, 0.717) is 12.3 Å². The highest BCUT2D eigenvalue weighted by molar-refractivity contribution is 9.10. The summed E-state index contributed by atoms with van der Waals surface area (Å²) in [7, 11) is 0. The number of nitrogens with zero attached hydrogens (tertiary/aromatic N) is 3. The lowest BCUT2D eigenvalue weighted by atomic mass is 10.2. The summed E-state index contributed by atoms with van der Waals surface area (Å²) in [6.07, 6.45) is 4.54. The van der Waals surface area contributed by atoms with E-state index in [-0.39, 0.29) is 5.91 Å². The first-order valence-electron chi connectivity index (χ1n) is 9.97. The van der Waals surface area contributed by atoms with Crippen LogP contribution in [-0.4, -0.2) is 65.8 Å². The van der Waals surface area contributed by atoms with Crippen LogP contribution < -0.4 is 0 Å². The molecule has 1 fully saturated rings. The number of aryl methyl sites for hydroxylation is 1. The van der Waals surface area contributed by atoms with E-state index in [2.05, 4.69) is 44.9 Å². The topological polar surface area (TPSA) is 45.7 Å². The van der Waals surface area contributed by atoms with Crippen LogP contribution in [-0.2, 0) is 16.1 Å². The summed E-state index contributed by atoms with van der Waals surface area (Å²) in [6, 6.07) is 10.1. The van der Waals surface area contributed by atoms with E-state index in [9.17, 15) is 4.79 Å². The van der Waals surface area contributed by atoms with Gasteiger partial charge in [-0.25, -0.2) is 0 Å². The van der Waals surface area contributed by atoms with Crippen LogP contribution >= 0.6 is 27.7 Å². The second kappa shape index (κ2) is 11.7. The van der Waals surface area contributed by atoms with Gasteiger partial charge in [0, 0.05) is 54.5 Å². The molecule has 1 aromatic heterocycles. The Morgan fingerprint density at radius 2 is 2.00 bits per heavy atom. The molecule has 0 aliphatic carbocycles. The van der Waals surface area contributed by atoms with E-state index in [1.807, 2.05) is 23.1 Å². The van der Waals surface area contributed by atoms with Crippen LogP contribution in [0, 0.1) is 6.92 Å². The number of amides is 1. The number of hydrogen-bond acceptors (Lipinski definition) is 5. The van der Waals surface area contributed by atoms with Gasteiger partial charge in [-0.1, -0.05) is 15.9 Å². The van der Waals surface area contributed by atoms with Crippen molar-refractivity contribution in [1.82, 2.24) is 14.8 Å². The maximum atomic E-state index is 13.0. The molecule has 2 heterocycles. The van der Waals surface area contributed by atoms with Gasteiger partial charge in [-0.2, -0.15) is 0 Å². The van der Waals surface area contributed by atoms with Gasteiger partial charge in [0.2, 0.25) is 5.91 Å². The number of benzene rings is 1. The third-order valence-electron chi connectivity index (χ3n) is 4.97. The number of pyridine rings is 1. The molecule has 1 saturated heterocycles. The van der Waals surface area contributed by atoms with Gasteiger partial charge >= 0.3 is 0 Å². The minimum Gasteiger partial charge on any atom is -0.379 e.